The molecule has 0 atom stereocenters. The molecule has 3 rings (SSSR count). The summed E-state index contributed by atoms with van der Waals surface area (Å²) in [5.41, 5.74) is 1.94. The van der Waals surface area contributed by atoms with Crippen molar-refractivity contribution < 1.29 is 4.79 Å². The van der Waals surface area contributed by atoms with Gasteiger partial charge in [0, 0.05) is 38.6 Å². The molecule has 0 unspecified atom stereocenters. The van der Waals surface area contributed by atoms with Crippen molar-refractivity contribution >= 4 is 5.91 Å². The Labute approximate surface area is 126 Å². The molecule has 0 radical (unpaired) electrons. The Morgan fingerprint density at radius 1 is 1.14 bits per heavy atom. The van der Waals surface area contributed by atoms with Crippen molar-refractivity contribution in [2.75, 3.05) is 26.2 Å². The topological polar surface area (TPSA) is 47.3 Å². The van der Waals surface area contributed by atoms with Gasteiger partial charge in [-0.1, -0.05) is 12.1 Å². The molecule has 0 aromatic heterocycles. The van der Waals surface area contributed by atoms with Gasteiger partial charge in [-0.25, -0.2) is 0 Å². The molecular weight excluding hydrogens is 262 g/mol. The van der Waals surface area contributed by atoms with Crippen molar-refractivity contribution in [1.29, 1.82) is 5.26 Å². The Balaban J connectivity index is 1.54. The van der Waals surface area contributed by atoms with E-state index in [1.807, 2.05) is 24.3 Å². The summed E-state index contributed by atoms with van der Waals surface area (Å²) in [5.74, 6) is 0.699. The van der Waals surface area contributed by atoms with Crippen LogP contribution in [-0.4, -0.2) is 41.9 Å². The number of rotatable bonds is 3. The molecule has 1 saturated carbocycles. The van der Waals surface area contributed by atoms with Crippen LogP contribution >= 0.6 is 0 Å². The highest BCUT2D eigenvalue weighted by Crippen LogP contribution is 2.31. The Kier molecular flexibility index (Phi) is 4.21. The van der Waals surface area contributed by atoms with Gasteiger partial charge in [-0.15, -0.1) is 0 Å². The molecule has 1 aromatic carbocycles. The van der Waals surface area contributed by atoms with Gasteiger partial charge in [0.25, 0.3) is 0 Å². The molecule has 4 heteroatoms. The van der Waals surface area contributed by atoms with Crippen molar-refractivity contribution in [1.82, 2.24) is 9.80 Å². The molecule has 1 aliphatic heterocycles. The summed E-state index contributed by atoms with van der Waals surface area (Å²) in [4.78, 5) is 16.6. The fourth-order valence-electron chi connectivity index (χ4n) is 2.88. The van der Waals surface area contributed by atoms with Gasteiger partial charge in [0.2, 0.25) is 5.91 Å². The van der Waals surface area contributed by atoms with Crippen LogP contribution < -0.4 is 0 Å². The lowest BCUT2D eigenvalue weighted by atomic mass is 10.1. The predicted molar refractivity (Wildman–Crippen MR) is 80.4 cm³/mol. The molecule has 2 fully saturated rings. The van der Waals surface area contributed by atoms with Gasteiger partial charge in [0.1, 0.15) is 0 Å². The summed E-state index contributed by atoms with van der Waals surface area (Å²) in [6.45, 7) is 4.63. The molecule has 4 nitrogen and oxygen atoms in total. The summed E-state index contributed by atoms with van der Waals surface area (Å²) >= 11 is 0. The first-order valence-electron chi connectivity index (χ1n) is 7.76. The van der Waals surface area contributed by atoms with Gasteiger partial charge in [-0.2, -0.15) is 5.26 Å². The number of nitrogens with zero attached hydrogens (tertiary/aromatic N) is 3. The Morgan fingerprint density at radius 3 is 2.57 bits per heavy atom. The molecular formula is C17H21N3O. The molecule has 1 aromatic rings. The highest BCUT2D eigenvalue weighted by Gasteiger charge is 2.33. The Hall–Kier alpha value is -1.86. The zero-order valence-electron chi connectivity index (χ0n) is 12.3. The Morgan fingerprint density at radius 2 is 1.90 bits per heavy atom. The second kappa shape index (κ2) is 6.28. The average Bonchev–Trinajstić information content (AvgIpc) is 3.35. The minimum Gasteiger partial charge on any atom is -0.341 e. The first-order valence-corrected chi connectivity index (χ1v) is 7.76. The number of nitriles is 1. The zero-order valence-corrected chi connectivity index (χ0v) is 12.3. The summed E-state index contributed by atoms with van der Waals surface area (Å²) in [5, 5.41) is 8.82. The van der Waals surface area contributed by atoms with E-state index in [0.29, 0.717) is 17.4 Å². The van der Waals surface area contributed by atoms with E-state index >= 15 is 0 Å². The third-order valence-corrected chi connectivity index (χ3v) is 4.32. The summed E-state index contributed by atoms with van der Waals surface area (Å²) < 4.78 is 0. The molecule has 0 bridgehead atoms. The Bertz CT molecular complexity index is 542. The van der Waals surface area contributed by atoms with Crippen LogP contribution in [-0.2, 0) is 11.3 Å². The van der Waals surface area contributed by atoms with E-state index in [1.54, 1.807) is 0 Å². The first kappa shape index (κ1) is 14.1. The van der Waals surface area contributed by atoms with Crippen LogP contribution in [0.15, 0.2) is 24.3 Å². The molecule has 0 N–H and O–H groups in total. The quantitative estimate of drug-likeness (QED) is 0.852. The molecule has 1 amide bonds. The molecule has 110 valence electrons. The summed E-state index contributed by atoms with van der Waals surface area (Å²) in [7, 11) is 0. The number of hydrogen-bond donors (Lipinski definition) is 0. The van der Waals surface area contributed by atoms with Crippen LogP contribution in [0, 0.1) is 17.2 Å². The fourth-order valence-corrected chi connectivity index (χ4v) is 2.88. The maximum atomic E-state index is 12.1. The minimum atomic E-state index is 0.329. The predicted octanol–water partition coefficient (Wildman–Crippen LogP) is 2.00. The molecule has 21 heavy (non-hydrogen) atoms. The number of hydrogen-bond acceptors (Lipinski definition) is 3. The van der Waals surface area contributed by atoms with E-state index in [2.05, 4.69) is 15.9 Å². The minimum absolute atomic E-state index is 0.329. The van der Waals surface area contributed by atoms with Gasteiger partial charge in [0.05, 0.1) is 11.6 Å². The van der Waals surface area contributed by atoms with Gasteiger partial charge in [-0.05, 0) is 37.0 Å². The monoisotopic (exact) mass is 283 g/mol. The van der Waals surface area contributed by atoms with Gasteiger partial charge in [0.15, 0.2) is 0 Å². The third kappa shape index (κ3) is 3.62. The lowest BCUT2D eigenvalue weighted by Crippen LogP contribution is -2.35. The largest absolute Gasteiger partial charge is 0.341 e. The van der Waals surface area contributed by atoms with Crippen LogP contribution in [0.2, 0.25) is 0 Å². The number of benzene rings is 1. The zero-order chi connectivity index (χ0) is 14.7. The van der Waals surface area contributed by atoms with E-state index in [-0.39, 0.29) is 0 Å². The van der Waals surface area contributed by atoms with E-state index in [4.69, 9.17) is 5.26 Å². The lowest BCUT2D eigenvalue weighted by Gasteiger charge is -2.22. The van der Waals surface area contributed by atoms with Crippen molar-refractivity contribution in [2.45, 2.75) is 25.8 Å². The highest BCUT2D eigenvalue weighted by atomic mass is 16.2. The SMILES string of the molecule is N#Cc1ccc(CN2CCCN(C(=O)C3CC3)CC2)cc1. The summed E-state index contributed by atoms with van der Waals surface area (Å²) in [6.07, 6.45) is 3.23. The second-order valence-electron chi connectivity index (χ2n) is 6.04. The normalized spacial score (nSPS) is 19.9. The van der Waals surface area contributed by atoms with Gasteiger partial charge < -0.3 is 4.90 Å². The van der Waals surface area contributed by atoms with Gasteiger partial charge in [-0.3, -0.25) is 9.69 Å². The third-order valence-electron chi connectivity index (χ3n) is 4.32. The van der Waals surface area contributed by atoms with Crippen LogP contribution in [0.3, 0.4) is 0 Å². The fraction of sp³-hybridized carbons (Fsp3) is 0.529. The molecule has 1 heterocycles. The van der Waals surface area contributed by atoms with Crippen molar-refractivity contribution in [2.24, 2.45) is 5.92 Å². The second-order valence-corrected chi connectivity index (χ2v) is 6.04. The molecule has 1 aliphatic carbocycles. The lowest BCUT2D eigenvalue weighted by molar-refractivity contribution is -0.132. The molecule has 2 aliphatic rings. The van der Waals surface area contributed by atoms with Crippen LogP contribution in [0.5, 0.6) is 0 Å². The maximum absolute atomic E-state index is 12.1. The van der Waals surface area contributed by atoms with Crippen molar-refractivity contribution in [3.05, 3.63) is 35.4 Å². The van der Waals surface area contributed by atoms with Crippen LogP contribution in [0.25, 0.3) is 0 Å². The van der Waals surface area contributed by atoms with E-state index in [9.17, 15) is 4.79 Å². The highest BCUT2D eigenvalue weighted by molar-refractivity contribution is 5.81. The van der Waals surface area contributed by atoms with Crippen molar-refractivity contribution in [3.63, 3.8) is 0 Å². The smallest absolute Gasteiger partial charge is 0.225 e. The molecule has 1 saturated heterocycles. The first-order chi connectivity index (χ1) is 10.3. The summed E-state index contributed by atoms with van der Waals surface area (Å²) in [6, 6.07) is 9.94. The van der Waals surface area contributed by atoms with Crippen molar-refractivity contribution in [3.8, 4) is 6.07 Å². The van der Waals surface area contributed by atoms with E-state index < -0.39 is 0 Å². The van der Waals surface area contributed by atoms with Gasteiger partial charge >= 0.3 is 0 Å². The standard InChI is InChI=1S/C17H21N3O/c18-12-14-2-4-15(5-3-14)13-19-8-1-9-20(11-10-19)17(21)16-6-7-16/h2-5,16H,1,6-11,13H2. The number of amides is 1. The van der Waals surface area contributed by atoms with E-state index in [0.717, 1.165) is 52.0 Å². The number of carbonyl (C=O) groups is 1. The maximum Gasteiger partial charge on any atom is 0.225 e. The van der Waals surface area contributed by atoms with Crippen LogP contribution in [0.4, 0.5) is 0 Å². The van der Waals surface area contributed by atoms with Crippen LogP contribution in [0.1, 0.15) is 30.4 Å². The van der Waals surface area contributed by atoms with E-state index in [1.165, 1.54) is 5.56 Å². The molecule has 0 spiro atoms. The average molecular weight is 283 g/mol. The number of carbonyl (C=O) groups excluding carboxylic acids is 1.